The molecule has 3 aliphatic rings. The highest BCUT2D eigenvalue weighted by Gasteiger charge is 2.61. The van der Waals surface area contributed by atoms with Gasteiger partial charge in [-0.3, -0.25) is 10.1 Å². The van der Waals surface area contributed by atoms with E-state index >= 15 is 0 Å². The monoisotopic (exact) mass is 322 g/mol. The number of thioether (sulfide) groups is 1. The van der Waals surface area contributed by atoms with Crippen molar-refractivity contribution in [2.24, 2.45) is 0 Å². The number of rotatable bonds is 4. The summed E-state index contributed by atoms with van der Waals surface area (Å²) in [5.74, 6) is 1.55. The molecule has 3 nitrogen and oxygen atoms in total. The van der Waals surface area contributed by atoms with Gasteiger partial charge in [-0.2, -0.15) is 11.8 Å². The van der Waals surface area contributed by atoms with Gasteiger partial charge >= 0.3 is 0 Å². The Morgan fingerprint density at radius 3 is 3.00 bits per heavy atom. The van der Waals surface area contributed by atoms with Crippen molar-refractivity contribution in [2.75, 3.05) is 5.75 Å². The van der Waals surface area contributed by atoms with Gasteiger partial charge in [0.25, 0.3) is 0 Å². The van der Waals surface area contributed by atoms with Gasteiger partial charge in [0.15, 0.2) is 0 Å². The van der Waals surface area contributed by atoms with Crippen LogP contribution in [0.25, 0.3) is 0 Å². The molecule has 1 spiro atoms. The lowest BCUT2D eigenvalue weighted by molar-refractivity contribution is -0.133. The van der Waals surface area contributed by atoms with E-state index in [2.05, 4.69) is 46.4 Å². The van der Waals surface area contributed by atoms with Crippen molar-refractivity contribution in [3.63, 3.8) is 0 Å². The molecule has 4 rings (SSSR count). The Hall–Kier alpha value is -0.520. The van der Waals surface area contributed by atoms with Crippen molar-refractivity contribution in [3.05, 3.63) is 22.4 Å². The maximum atomic E-state index is 12.9. The number of hydrogen-bond donors (Lipinski definition) is 1. The van der Waals surface area contributed by atoms with Crippen LogP contribution in [0.15, 0.2) is 17.5 Å². The van der Waals surface area contributed by atoms with E-state index in [1.54, 1.807) is 11.3 Å². The average molecular weight is 322 g/mol. The zero-order valence-corrected chi connectivity index (χ0v) is 14.0. The summed E-state index contributed by atoms with van der Waals surface area (Å²) in [6.45, 7) is 2.23. The molecule has 2 heterocycles. The molecule has 1 aliphatic heterocycles. The van der Waals surface area contributed by atoms with Crippen molar-refractivity contribution in [1.82, 2.24) is 10.2 Å². The van der Waals surface area contributed by atoms with Crippen LogP contribution in [-0.4, -0.2) is 33.4 Å². The van der Waals surface area contributed by atoms with E-state index in [0.29, 0.717) is 11.9 Å². The molecular weight excluding hydrogens is 300 g/mol. The van der Waals surface area contributed by atoms with Gasteiger partial charge in [0.05, 0.1) is 0 Å². The first-order valence-corrected chi connectivity index (χ1v) is 9.92. The summed E-state index contributed by atoms with van der Waals surface area (Å²) in [6, 6.07) is 4.69. The van der Waals surface area contributed by atoms with Crippen molar-refractivity contribution in [3.8, 4) is 0 Å². The van der Waals surface area contributed by atoms with Gasteiger partial charge in [0, 0.05) is 16.2 Å². The molecule has 2 aliphatic carbocycles. The Kier molecular flexibility index (Phi) is 3.55. The lowest BCUT2D eigenvalue weighted by Crippen LogP contribution is -2.39. The Bertz CT molecular complexity index is 526. The van der Waals surface area contributed by atoms with Gasteiger partial charge in [-0.15, -0.1) is 11.3 Å². The fraction of sp³-hybridized carbons (Fsp3) is 0.688. The number of nitrogens with zero attached hydrogens (tertiary/aromatic N) is 1. The largest absolute Gasteiger partial charge is 0.317 e. The Morgan fingerprint density at radius 2 is 2.33 bits per heavy atom. The summed E-state index contributed by atoms with van der Waals surface area (Å²) >= 11 is 3.82. The molecule has 1 aromatic rings. The minimum atomic E-state index is -0.204. The van der Waals surface area contributed by atoms with Crippen LogP contribution in [0.5, 0.6) is 0 Å². The molecule has 0 bridgehead atoms. The summed E-state index contributed by atoms with van der Waals surface area (Å²) in [5.41, 5.74) is -0.204. The van der Waals surface area contributed by atoms with E-state index in [1.807, 2.05) is 0 Å². The fourth-order valence-corrected chi connectivity index (χ4v) is 5.73. The lowest BCUT2D eigenvalue weighted by Gasteiger charge is -2.29. The summed E-state index contributed by atoms with van der Waals surface area (Å²) in [4.78, 5) is 16.4. The van der Waals surface area contributed by atoms with Gasteiger partial charge in [0.2, 0.25) is 5.91 Å². The van der Waals surface area contributed by atoms with Crippen molar-refractivity contribution < 1.29 is 4.79 Å². The van der Waals surface area contributed by atoms with Crippen LogP contribution in [0.4, 0.5) is 0 Å². The first kappa shape index (κ1) is 14.1. The van der Waals surface area contributed by atoms with Crippen LogP contribution < -0.4 is 5.32 Å². The van der Waals surface area contributed by atoms with Gasteiger partial charge in [-0.25, -0.2) is 0 Å². The molecule has 1 amide bonds. The summed E-state index contributed by atoms with van der Waals surface area (Å²) in [5, 5.41) is 6.50. The van der Waals surface area contributed by atoms with Crippen LogP contribution in [0.1, 0.15) is 50.1 Å². The van der Waals surface area contributed by atoms with Crippen LogP contribution >= 0.6 is 23.1 Å². The SMILES string of the molecule is CCSC1CCC(N2C(=O)C3(CC3)NC2c2cccs2)C1. The molecule has 1 saturated heterocycles. The average Bonchev–Trinajstić information content (AvgIpc) is 2.85. The van der Waals surface area contributed by atoms with E-state index in [9.17, 15) is 4.79 Å². The first-order valence-electron chi connectivity index (χ1n) is 7.99. The van der Waals surface area contributed by atoms with Crippen LogP contribution in [0.3, 0.4) is 0 Å². The molecule has 2 saturated carbocycles. The van der Waals surface area contributed by atoms with E-state index < -0.39 is 0 Å². The molecule has 0 radical (unpaired) electrons. The molecule has 3 unspecified atom stereocenters. The highest BCUT2D eigenvalue weighted by atomic mass is 32.2. The number of carbonyl (C=O) groups excluding carboxylic acids is 1. The minimum Gasteiger partial charge on any atom is -0.317 e. The topological polar surface area (TPSA) is 32.3 Å². The Morgan fingerprint density at radius 1 is 1.48 bits per heavy atom. The zero-order valence-electron chi connectivity index (χ0n) is 12.4. The number of carbonyl (C=O) groups is 1. The second-order valence-electron chi connectivity index (χ2n) is 6.40. The molecule has 114 valence electrons. The molecule has 0 aromatic carbocycles. The zero-order chi connectivity index (χ0) is 14.4. The van der Waals surface area contributed by atoms with E-state index in [-0.39, 0.29) is 11.7 Å². The van der Waals surface area contributed by atoms with Gasteiger partial charge in [0.1, 0.15) is 11.7 Å². The number of nitrogens with one attached hydrogen (secondary N) is 1. The van der Waals surface area contributed by atoms with Crippen LogP contribution in [0.2, 0.25) is 0 Å². The normalized spacial score (nSPS) is 34.0. The third-order valence-electron chi connectivity index (χ3n) is 5.05. The Labute approximate surface area is 134 Å². The molecule has 1 N–H and O–H groups in total. The maximum absolute atomic E-state index is 12.9. The molecule has 1 aromatic heterocycles. The van der Waals surface area contributed by atoms with Gasteiger partial charge < -0.3 is 4.90 Å². The van der Waals surface area contributed by atoms with Gasteiger partial charge in [-0.1, -0.05) is 13.0 Å². The van der Waals surface area contributed by atoms with E-state index in [0.717, 1.165) is 18.1 Å². The predicted molar refractivity (Wildman–Crippen MR) is 88.6 cm³/mol. The number of thiophene rings is 1. The summed E-state index contributed by atoms with van der Waals surface area (Å²) in [7, 11) is 0. The second kappa shape index (κ2) is 5.28. The number of hydrogen-bond acceptors (Lipinski definition) is 4. The highest BCUT2D eigenvalue weighted by molar-refractivity contribution is 7.99. The summed E-state index contributed by atoms with van der Waals surface area (Å²) in [6.07, 6.45) is 5.76. The molecule has 21 heavy (non-hydrogen) atoms. The maximum Gasteiger partial charge on any atom is 0.244 e. The highest BCUT2D eigenvalue weighted by Crippen LogP contribution is 2.49. The van der Waals surface area contributed by atoms with Gasteiger partial charge in [-0.05, 0) is 49.3 Å². The van der Waals surface area contributed by atoms with Crippen LogP contribution in [-0.2, 0) is 4.79 Å². The quantitative estimate of drug-likeness (QED) is 0.922. The first-order chi connectivity index (χ1) is 10.2. The third kappa shape index (κ3) is 2.34. The standard InChI is InChI=1S/C16H22N2OS2/c1-2-20-12-6-5-11(10-12)18-14(13-4-3-9-21-13)17-16(7-8-16)15(18)19/h3-4,9,11-12,14,17H,2,5-8,10H2,1H3. The number of amides is 1. The lowest BCUT2D eigenvalue weighted by atomic mass is 10.2. The fourth-order valence-electron chi connectivity index (χ4n) is 3.83. The van der Waals surface area contributed by atoms with E-state index in [1.165, 1.54) is 29.9 Å². The summed E-state index contributed by atoms with van der Waals surface area (Å²) < 4.78 is 0. The molecule has 3 atom stereocenters. The smallest absolute Gasteiger partial charge is 0.244 e. The third-order valence-corrected chi connectivity index (χ3v) is 7.21. The van der Waals surface area contributed by atoms with E-state index in [4.69, 9.17) is 0 Å². The molecular formula is C16H22N2OS2. The Balaban J connectivity index is 1.57. The van der Waals surface area contributed by atoms with Crippen molar-refractivity contribution >= 4 is 29.0 Å². The van der Waals surface area contributed by atoms with Crippen LogP contribution in [0, 0.1) is 0 Å². The van der Waals surface area contributed by atoms with Crippen molar-refractivity contribution in [1.29, 1.82) is 0 Å². The second-order valence-corrected chi connectivity index (χ2v) is 8.96. The predicted octanol–water partition coefficient (Wildman–Crippen LogP) is 3.39. The molecule has 5 heteroatoms. The van der Waals surface area contributed by atoms with Crippen molar-refractivity contribution in [2.45, 2.75) is 62.0 Å². The molecule has 3 fully saturated rings. The minimum absolute atomic E-state index is 0.121.